The van der Waals surface area contributed by atoms with E-state index in [1.807, 2.05) is 13.8 Å². The van der Waals surface area contributed by atoms with Crippen LogP contribution in [0, 0.1) is 5.92 Å². The fourth-order valence-corrected chi connectivity index (χ4v) is 3.89. The topological polar surface area (TPSA) is 49.4 Å². The predicted molar refractivity (Wildman–Crippen MR) is 76.1 cm³/mol. The average molecular weight is 276 g/mol. The molecule has 5 heteroatoms. The zero-order valence-corrected chi connectivity index (χ0v) is 12.8. The lowest BCUT2D eigenvalue weighted by Gasteiger charge is -2.31. The first-order chi connectivity index (χ1) is 8.45. The highest BCUT2D eigenvalue weighted by molar-refractivity contribution is 7.89. The van der Waals surface area contributed by atoms with E-state index >= 15 is 0 Å². The smallest absolute Gasteiger partial charge is 0.215 e. The van der Waals surface area contributed by atoms with Gasteiger partial charge < -0.3 is 5.32 Å². The second-order valence-electron chi connectivity index (χ2n) is 5.56. The third-order valence-corrected chi connectivity index (χ3v) is 5.45. The summed E-state index contributed by atoms with van der Waals surface area (Å²) in [5, 5.41) is 3.16. The van der Waals surface area contributed by atoms with Gasteiger partial charge in [-0.15, -0.1) is 0 Å². The number of nitrogens with zero attached hydrogens (tertiary/aromatic N) is 1. The van der Waals surface area contributed by atoms with Crippen LogP contribution in [0.2, 0.25) is 0 Å². The SMILES string of the molecule is CCCC1CCN(S(=O)(=O)CCNC(C)C)CC1. The van der Waals surface area contributed by atoms with Gasteiger partial charge in [0.2, 0.25) is 10.0 Å². The van der Waals surface area contributed by atoms with E-state index < -0.39 is 10.0 Å². The lowest BCUT2D eigenvalue weighted by atomic mass is 9.94. The van der Waals surface area contributed by atoms with Gasteiger partial charge in [0.1, 0.15) is 0 Å². The van der Waals surface area contributed by atoms with Crippen LogP contribution in [-0.4, -0.2) is 44.2 Å². The van der Waals surface area contributed by atoms with Gasteiger partial charge in [0, 0.05) is 25.7 Å². The quantitative estimate of drug-likeness (QED) is 0.772. The Balaban J connectivity index is 2.36. The summed E-state index contributed by atoms with van der Waals surface area (Å²) in [5.41, 5.74) is 0. The summed E-state index contributed by atoms with van der Waals surface area (Å²) in [6, 6.07) is 0.343. The molecule has 1 aliphatic rings. The molecule has 1 heterocycles. The highest BCUT2D eigenvalue weighted by Gasteiger charge is 2.27. The molecule has 18 heavy (non-hydrogen) atoms. The van der Waals surface area contributed by atoms with E-state index in [-0.39, 0.29) is 5.75 Å². The minimum absolute atomic E-state index is 0.226. The van der Waals surface area contributed by atoms with Gasteiger partial charge >= 0.3 is 0 Å². The van der Waals surface area contributed by atoms with Gasteiger partial charge in [-0.3, -0.25) is 0 Å². The average Bonchev–Trinajstić information content (AvgIpc) is 2.29. The number of sulfonamides is 1. The summed E-state index contributed by atoms with van der Waals surface area (Å²) in [7, 11) is -3.05. The molecular formula is C13H28N2O2S. The maximum absolute atomic E-state index is 12.1. The molecule has 0 bridgehead atoms. The molecule has 1 N–H and O–H groups in total. The molecule has 0 saturated carbocycles. The van der Waals surface area contributed by atoms with Gasteiger partial charge in [0.15, 0.2) is 0 Å². The van der Waals surface area contributed by atoms with Crippen molar-refractivity contribution < 1.29 is 8.42 Å². The van der Waals surface area contributed by atoms with Crippen molar-refractivity contribution in [3.8, 4) is 0 Å². The molecule has 0 aromatic rings. The molecule has 0 amide bonds. The van der Waals surface area contributed by atoms with Crippen molar-refractivity contribution in [2.75, 3.05) is 25.4 Å². The van der Waals surface area contributed by atoms with Crippen LogP contribution in [0.4, 0.5) is 0 Å². The molecule has 0 aromatic heterocycles. The molecule has 0 spiro atoms. The first-order valence-corrected chi connectivity index (χ1v) is 8.77. The van der Waals surface area contributed by atoms with Gasteiger partial charge in [-0.25, -0.2) is 12.7 Å². The molecule has 1 rings (SSSR count). The third kappa shape index (κ3) is 5.24. The molecule has 0 atom stereocenters. The molecule has 1 saturated heterocycles. The highest BCUT2D eigenvalue weighted by Crippen LogP contribution is 2.23. The molecule has 0 radical (unpaired) electrons. The van der Waals surface area contributed by atoms with E-state index in [4.69, 9.17) is 0 Å². The zero-order chi connectivity index (χ0) is 13.6. The number of piperidine rings is 1. The molecule has 0 unspecified atom stereocenters. The van der Waals surface area contributed by atoms with Crippen molar-refractivity contribution >= 4 is 10.0 Å². The van der Waals surface area contributed by atoms with E-state index in [2.05, 4.69) is 12.2 Å². The van der Waals surface area contributed by atoms with Crippen molar-refractivity contribution in [2.24, 2.45) is 5.92 Å². The van der Waals surface area contributed by atoms with Gasteiger partial charge in [-0.05, 0) is 18.8 Å². The Bertz CT molecular complexity index is 320. The normalized spacial score (nSPS) is 19.6. The number of rotatable bonds is 7. The van der Waals surface area contributed by atoms with Crippen molar-refractivity contribution in [1.82, 2.24) is 9.62 Å². The Kier molecular flexibility index (Phi) is 6.60. The van der Waals surface area contributed by atoms with Gasteiger partial charge in [-0.1, -0.05) is 33.6 Å². The van der Waals surface area contributed by atoms with Crippen LogP contribution in [0.1, 0.15) is 46.5 Å². The van der Waals surface area contributed by atoms with E-state index in [1.165, 1.54) is 12.8 Å². The Morgan fingerprint density at radius 2 is 1.89 bits per heavy atom. The third-order valence-electron chi connectivity index (χ3n) is 3.58. The minimum Gasteiger partial charge on any atom is -0.313 e. The molecule has 0 aromatic carbocycles. The maximum atomic E-state index is 12.1. The van der Waals surface area contributed by atoms with E-state index in [0.717, 1.165) is 18.8 Å². The van der Waals surface area contributed by atoms with Crippen LogP contribution in [0.3, 0.4) is 0 Å². The van der Waals surface area contributed by atoms with Gasteiger partial charge in [0.05, 0.1) is 5.75 Å². The molecular weight excluding hydrogens is 248 g/mol. The largest absolute Gasteiger partial charge is 0.313 e. The summed E-state index contributed by atoms with van der Waals surface area (Å²) in [5.74, 6) is 0.958. The Hall–Kier alpha value is -0.130. The summed E-state index contributed by atoms with van der Waals surface area (Å²) in [6.45, 7) is 8.24. The Labute approximate surface area is 112 Å². The summed E-state index contributed by atoms with van der Waals surface area (Å²) < 4.78 is 25.9. The Morgan fingerprint density at radius 3 is 2.39 bits per heavy atom. The lowest BCUT2D eigenvalue weighted by molar-refractivity contribution is 0.262. The maximum Gasteiger partial charge on any atom is 0.215 e. The van der Waals surface area contributed by atoms with Crippen LogP contribution >= 0.6 is 0 Å². The van der Waals surface area contributed by atoms with Crippen LogP contribution in [0.25, 0.3) is 0 Å². The molecule has 0 aliphatic carbocycles. The fraction of sp³-hybridized carbons (Fsp3) is 1.00. The zero-order valence-electron chi connectivity index (χ0n) is 12.0. The first-order valence-electron chi connectivity index (χ1n) is 7.17. The lowest BCUT2D eigenvalue weighted by Crippen LogP contribution is -2.42. The fourth-order valence-electron chi connectivity index (χ4n) is 2.49. The van der Waals surface area contributed by atoms with Gasteiger partial charge in [-0.2, -0.15) is 0 Å². The minimum atomic E-state index is -3.05. The summed E-state index contributed by atoms with van der Waals surface area (Å²) >= 11 is 0. The van der Waals surface area contributed by atoms with E-state index in [0.29, 0.717) is 25.7 Å². The summed E-state index contributed by atoms with van der Waals surface area (Å²) in [6.07, 6.45) is 4.51. The molecule has 4 nitrogen and oxygen atoms in total. The molecule has 1 fully saturated rings. The Morgan fingerprint density at radius 1 is 1.28 bits per heavy atom. The second-order valence-corrected chi connectivity index (χ2v) is 7.64. The highest BCUT2D eigenvalue weighted by atomic mass is 32.2. The molecule has 108 valence electrons. The number of hydrogen-bond acceptors (Lipinski definition) is 3. The van der Waals surface area contributed by atoms with Crippen LogP contribution < -0.4 is 5.32 Å². The van der Waals surface area contributed by atoms with Crippen molar-refractivity contribution in [3.05, 3.63) is 0 Å². The van der Waals surface area contributed by atoms with E-state index in [1.54, 1.807) is 4.31 Å². The van der Waals surface area contributed by atoms with Crippen molar-refractivity contribution in [2.45, 2.75) is 52.5 Å². The van der Waals surface area contributed by atoms with Crippen molar-refractivity contribution in [3.63, 3.8) is 0 Å². The first kappa shape index (κ1) is 15.9. The summed E-state index contributed by atoms with van der Waals surface area (Å²) in [4.78, 5) is 0. The number of nitrogens with one attached hydrogen (secondary N) is 1. The monoisotopic (exact) mass is 276 g/mol. The van der Waals surface area contributed by atoms with Crippen LogP contribution in [0.15, 0.2) is 0 Å². The van der Waals surface area contributed by atoms with Crippen molar-refractivity contribution in [1.29, 1.82) is 0 Å². The predicted octanol–water partition coefficient (Wildman–Crippen LogP) is 1.83. The molecule has 1 aliphatic heterocycles. The van der Waals surface area contributed by atoms with Crippen LogP contribution in [0.5, 0.6) is 0 Å². The van der Waals surface area contributed by atoms with Crippen LogP contribution in [-0.2, 0) is 10.0 Å². The standard InChI is InChI=1S/C13H28N2O2S/c1-4-5-13-6-9-15(10-7-13)18(16,17)11-8-14-12(2)3/h12-14H,4-11H2,1-3H3. The second kappa shape index (κ2) is 7.46. The number of hydrogen-bond donors (Lipinski definition) is 1. The van der Waals surface area contributed by atoms with Gasteiger partial charge in [0.25, 0.3) is 0 Å². The van der Waals surface area contributed by atoms with E-state index in [9.17, 15) is 8.42 Å².